The lowest BCUT2D eigenvalue weighted by atomic mass is 10.1. The standard InChI is InChI=1S/C22H27N3O3/c1-3-13-23-22(27)20-14-25(18-7-5-6-8-19(18)28-20)15-21(26)24-17-11-9-16(4-2)10-12-17/h5-12,20H,3-4,13-15H2,1-2H3,(H,23,27)(H,24,26)/t20-/m1/s1. The molecule has 1 aliphatic rings. The third-order valence-corrected chi connectivity index (χ3v) is 4.68. The molecule has 1 aliphatic heterocycles. The Morgan fingerprint density at radius 3 is 2.57 bits per heavy atom. The van der Waals surface area contributed by atoms with E-state index in [-0.39, 0.29) is 18.4 Å². The van der Waals surface area contributed by atoms with E-state index in [4.69, 9.17) is 4.74 Å². The number of rotatable bonds is 7. The minimum absolute atomic E-state index is 0.131. The molecule has 0 spiro atoms. The number of ether oxygens (including phenoxy) is 1. The van der Waals surface area contributed by atoms with Crippen molar-refractivity contribution < 1.29 is 14.3 Å². The van der Waals surface area contributed by atoms with Crippen LogP contribution in [0.25, 0.3) is 0 Å². The molecule has 2 amide bonds. The molecule has 0 aromatic heterocycles. The number of carbonyl (C=O) groups excluding carboxylic acids is 2. The highest BCUT2D eigenvalue weighted by atomic mass is 16.5. The summed E-state index contributed by atoms with van der Waals surface area (Å²) in [6.45, 7) is 5.17. The minimum atomic E-state index is -0.641. The quantitative estimate of drug-likeness (QED) is 0.774. The van der Waals surface area contributed by atoms with Crippen LogP contribution in [0.2, 0.25) is 0 Å². The summed E-state index contributed by atoms with van der Waals surface area (Å²) in [4.78, 5) is 26.9. The molecule has 6 heteroatoms. The van der Waals surface area contributed by atoms with Gasteiger partial charge in [-0.1, -0.05) is 38.1 Å². The maximum absolute atomic E-state index is 12.6. The summed E-state index contributed by atoms with van der Waals surface area (Å²) < 4.78 is 5.86. The molecule has 2 aromatic carbocycles. The second-order valence-electron chi connectivity index (χ2n) is 6.84. The second-order valence-corrected chi connectivity index (χ2v) is 6.84. The fraction of sp³-hybridized carbons (Fsp3) is 0.364. The summed E-state index contributed by atoms with van der Waals surface area (Å²) in [6.07, 6.45) is 1.18. The average Bonchev–Trinajstić information content (AvgIpc) is 2.72. The summed E-state index contributed by atoms with van der Waals surface area (Å²) in [6, 6.07) is 15.3. The number of anilines is 2. The molecule has 0 aliphatic carbocycles. The Hall–Kier alpha value is -3.02. The van der Waals surface area contributed by atoms with Crippen molar-refractivity contribution in [2.45, 2.75) is 32.8 Å². The molecule has 0 radical (unpaired) electrons. The highest BCUT2D eigenvalue weighted by Crippen LogP contribution is 2.33. The van der Waals surface area contributed by atoms with Crippen LogP contribution in [0.5, 0.6) is 5.75 Å². The number of nitrogens with zero attached hydrogens (tertiary/aromatic N) is 1. The smallest absolute Gasteiger partial charge is 0.262 e. The Morgan fingerprint density at radius 2 is 1.86 bits per heavy atom. The number of hydrogen-bond donors (Lipinski definition) is 2. The van der Waals surface area contributed by atoms with Gasteiger partial charge < -0.3 is 20.3 Å². The highest BCUT2D eigenvalue weighted by molar-refractivity contribution is 5.95. The number of amides is 2. The largest absolute Gasteiger partial charge is 0.477 e. The van der Waals surface area contributed by atoms with Gasteiger partial charge in [0.1, 0.15) is 5.75 Å². The molecule has 0 fully saturated rings. The first-order valence-corrected chi connectivity index (χ1v) is 9.77. The highest BCUT2D eigenvalue weighted by Gasteiger charge is 2.31. The van der Waals surface area contributed by atoms with Gasteiger partial charge in [-0.2, -0.15) is 0 Å². The van der Waals surface area contributed by atoms with Crippen LogP contribution < -0.4 is 20.3 Å². The molecule has 2 N–H and O–H groups in total. The first-order valence-electron chi connectivity index (χ1n) is 9.77. The van der Waals surface area contributed by atoms with E-state index in [2.05, 4.69) is 17.6 Å². The van der Waals surface area contributed by atoms with E-state index in [0.717, 1.165) is 24.2 Å². The van der Waals surface area contributed by atoms with Gasteiger partial charge in [-0.15, -0.1) is 0 Å². The van der Waals surface area contributed by atoms with Gasteiger partial charge in [0.15, 0.2) is 6.10 Å². The van der Waals surface area contributed by atoms with E-state index in [1.165, 1.54) is 5.56 Å². The molecular formula is C22H27N3O3. The monoisotopic (exact) mass is 381 g/mol. The van der Waals surface area contributed by atoms with Crippen molar-refractivity contribution in [3.05, 3.63) is 54.1 Å². The first kappa shape index (κ1) is 19.7. The van der Waals surface area contributed by atoms with Gasteiger partial charge >= 0.3 is 0 Å². The van der Waals surface area contributed by atoms with Gasteiger partial charge in [0.2, 0.25) is 5.91 Å². The molecule has 1 heterocycles. The Morgan fingerprint density at radius 1 is 1.11 bits per heavy atom. The molecule has 6 nitrogen and oxygen atoms in total. The molecule has 0 unspecified atom stereocenters. The van der Waals surface area contributed by atoms with Crippen LogP contribution in [0.1, 0.15) is 25.8 Å². The van der Waals surface area contributed by atoms with Crippen molar-refractivity contribution in [1.82, 2.24) is 5.32 Å². The number of aryl methyl sites for hydroxylation is 1. The zero-order valence-electron chi connectivity index (χ0n) is 16.4. The van der Waals surface area contributed by atoms with E-state index >= 15 is 0 Å². The van der Waals surface area contributed by atoms with Crippen LogP contribution in [0.15, 0.2) is 48.5 Å². The van der Waals surface area contributed by atoms with Gasteiger partial charge in [0, 0.05) is 12.2 Å². The number of hydrogen-bond acceptors (Lipinski definition) is 4. The predicted molar refractivity (Wildman–Crippen MR) is 111 cm³/mol. The average molecular weight is 381 g/mol. The zero-order valence-corrected chi connectivity index (χ0v) is 16.4. The number of nitrogens with one attached hydrogen (secondary N) is 2. The Balaban J connectivity index is 1.69. The minimum Gasteiger partial charge on any atom is -0.477 e. The topological polar surface area (TPSA) is 70.7 Å². The number of fused-ring (bicyclic) bond motifs is 1. The summed E-state index contributed by atoms with van der Waals surface area (Å²) in [5.74, 6) is 0.330. The van der Waals surface area contributed by atoms with Gasteiger partial charge in [-0.25, -0.2) is 0 Å². The fourth-order valence-electron chi connectivity index (χ4n) is 3.15. The molecule has 1 atom stereocenters. The lowest BCUT2D eigenvalue weighted by Crippen LogP contribution is -2.50. The second kappa shape index (κ2) is 9.26. The Kier molecular flexibility index (Phi) is 6.53. The van der Waals surface area contributed by atoms with Crippen LogP contribution in [-0.4, -0.2) is 37.6 Å². The molecule has 2 aromatic rings. The summed E-state index contributed by atoms with van der Waals surface area (Å²) in [5.41, 5.74) is 2.81. The van der Waals surface area contributed by atoms with Crippen molar-refractivity contribution in [2.24, 2.45) is 0 Å². The fourth-order valence-corrected chi connectivity index (χ4v) is 3.15. The number of carbonyl (C=O) groups is 2. The van der Waals surface area contributed by atoms with Crippen LogP contribution >= 0.6 is 0 Å². The Labute approximate surface area is 165 Å². The van der Waals surface area contributed by atoms with Crippen LogP contribution in [0.3, 0.4) is 0 Å². The molecule has 28 heavy (non-hydrogen) atoms. The molecule has 0 saturated carbocycles. The summed E-state index contributed by atoms with van der Waals surface area (Å²) >= 11 is 0. The maximum atomic E-state index is 12.6. The van der Waals surface area contributed by atoms with E-state index in [0.29, 0.717) is 18.8 Å². The van der Waals surface area contributed by atoms with E-state index < -0.39 is 6.10 Å². The lowest BCUT2D eigenvalue weighted by Gasteiger charge is -2.35. The van der Waals surface area contributed by atoms with Crippen molar-refractivity contribution in [1.29, 1.82) is 0 Å². The van der Waals surface area contributed by atoms with Crippen LogP contribution in [-0.2, 0) is 16.0 Å². The summed E-state index contributed by atoms with van der Waals surface area (Å²) in [7, 11) is 0. The molecule has 3 rings (SSSR count). The summed E-state index contributed by atoms with van der Waals surface area (Å²) in [5, 5.41) is 5.79. The zero-order chi connectivity index (χ0) is 19.9. The normalized spacial score (nSPS) is 15.4. The van der Waals surface area contributed by atoms with Crippen molar-refractivity contribution in [3.8, 4) is 5.75 Å². The van der Waals surface area contributed by atoms with Crippen molar-refractivity contribution in [3.63, 3.8) is 0 Å². The van der Waals surface area contributed by atoms with E-state index in [1.807, 2.05) is 60.4 Å². The Bertz CT molecular complexity index is 820. The van der Waals surface area contributed by atoms with Gasteiger partial charge in [0.25, 0.3) is 5.91 Å². The number of benzene rings is 2. The van der Waals surface area contributed by atoms with Crippen molar-refractivity contribution >= 4 is 23.2 Å². The van der Waals surface area contributed by atoms with Gasteiger partial charge in [-0.3, -0.25) is 9.59 Å². The SMILES string of the molecule is CCCNC(=O)[C@H]1CN(CC(=O)Nc2ccc(CC)cc2)c2ccccc2O1. The first-order chi connectivity index (χ1) is 13.6. The molecule has 148 valence electrons. The van der Waals surface area contributed by atoms with E-state index in [1.54, 1.807) is 0 Å². The lowest BCUT2D eigenvalue weighted by molar-refractivity contribution is -0.128. The van der Waals surface area contributed by atoms with Crippen LogP contribution in [0, 0.1) is 0 Å². The predicted octanol–water partition coefficient (Wildman–Crippen LogP) is 2.98. The maximum Gasteiger partial charge on any atom is 0.262 e. The molecular weight excluding hydrogens is 354 g/mol. The van der Waals surface area contributed by atoms with Gasteiger partial charge in [0.05, 0.1) is 18.8 Å². The number of para-hydroxylation sites is 2. The van der Waals surface area contributed by atoms with E-state index in [9.17, 15) is 9.59 Å². The van der Waals surface area contributed by atoms with Crippen molar-refractivity contribution in [2.75, 3.05) is 29.9 Å². The third-order valence-electron chi connectivity index (χ3n) is 4.68. The van der Waals surface area contributed by atoms with Gasteiger partial charge in [-0.05, 0) is 42.7 Å². The van der Waals surface area contributed by atoms with Crippen LogP contribution in [0.4, 0.5) is 11.4 Å². The molecule has 0 bridgehead atoms. The molecule has 0 saturated heterocycles. The third kappa shape index (κ3) is 4.82.